The molecule has 1 aromatic carbocycles. The summed E-state index contributed by atoms with van der Waals surface area (Å²) in [4.78, 5) is 2.32. The zero-order valence-electron chi connectivity index (χ0n) is 12.5. The quantitative estimate of drug-likeness (QED) is 0.758. The molecule has 0 amide bonds. The molecule has 0 bridgehead atoms. The Morgan fingerprint density at radius 1 is 1.21 bits per heavy atom. The third-order valence-electron chi connectivity index (χ3n) is 3.68. The molecule has 0 aliphatic heterocycles. The number of nitrogens with zero attached hydrogens (tertiary/aromatic N) is 1. The van der Waals surface area contributed by atoms with E-state index in [1.807, 2.05) is 0 Å². The zero-order valence-corrected chi connectivity index (χ0v) is 12.5. The van der Waals surface area contributed by atoms with Crippen molar-refractivity contribution in [1.82, 2.24) is 4.90 Å². The molecule has 1 rings (SSSR count). The fourth-order valence-corrected chi connectivity index (χ4v) is 2.65. The molecule has 19 heavy (non-hydrogen) atoms. The van der Waals surface area contributed by atoms with E-state index >= 15 is 0 Å². The summed E-state index contributed by atoms with van der Waals surface area (Å²) in [5.41, 5.74) is 8.92. The minimum absolute atomic E-state index is 0.0965. The minimum Gasteiger partial charge on any atom is -0.395 e. The summed E-state index contributed by atoms with van der Waals surface area (Å²) in [6.45, 7) is 8.25. The van der Waals surface area contributed by atoms with E-state index in [9.17, 15) is 5.11 Å². The summed E-state index contributed by atoms with van der Waals surface area (Å²) in [5, 5.41) is 9.30. The van der Waals surface area contributed by atoms with Crippen LogP contribution < -0.4 is 5.73 Å². The second-order valence-electron chi connectivity index (χ2n) is 5.13. The maximum Gasteiger partial charge on any atom is 0.0558 e. The van der Waals surface area contributed by atoms with Crippen LogP contribution in [-0.2, 0) is 0 Å². The first kappa shape index (κ1) is 16.2. The average Bonchev–Trinajstić information content (AvgIpc) is 2.41. The monoisotopic (exact) mass is 264 g/mol. The van der Waals surface area contributed by atoms with Gasteiger partial charge in [-0.2, -0.15) is 0 Å². The first-order valence-corrected chi connectivity index (χ1v) is 7.31. The third kappa shape index (κ3) is 4.30. The van der Waals surface area contributed by atoms with Gasteiger partial charge in [-0.15, -0.1) is 0 Å². The van der Waals surface area contributed by atoms with Crippen LogP contribution in [0.3, 0.4) is 0 Å². The fourth-order valence-electron chi connectivity index (χ4n) is 2.65. The first-order chi connectivity index (χ1) is 9.15. The Balaban J connectivity index is 3.08. The van der Waals surface area contributed by atoms with E-state index in [4.69, 9.17) is 5.73 Å². The van der Waals surface area contributed by atoms with Crippen LogP contribution in [0.25, 0.3) is 0 Å². The highest BCUT2D eigenvalue weighted by Crippen LogP contribution is 2.27. The van der Waals surface area contributed by atoms with E-state index < -0.39 is 0 Å². The van der Waals surface area contributed by atoms with Crippen LogP contribution in [0.4, 0.5) is 0 Å². The smallest absolute Gasteiger partial charge is 0.0558 e. The highest BCUT2D eigenvalue weighted by atomic mass is 16.3. The highest BCUT2D eigenvalue weighted by Gasteiger charge is 2.25. The lowest BCUT2D eigenvalue weighted by atomic mass is 9.92. The standard InChI is InChI=1S/C16H28N2O/c1-4-10-18(11-12-19)16(15(17)5-2)14-9-7-6-8-13(14)3/h6-9,15-16,19H,4-5,10-12,17H2,1-3H3. The lowest BCUT2D eigenvalue weighted by Crippen LogP contribution is -2.42. The molecule has 0 saturated carbocycles. The number of benzene rings is 1. The van der Waals surface area contributed by atoms with Crippen LogP contribution in [-0.4, -0.2) is 35.7 Å². The summed E-state index contributed by atoms with van der Waals surface area (Å²) in [5.74, 6) is 0. The number of hydrogen-bond donors (Lipinski definition) is 2. The van der Waals surface area contributed by atoms with Crippen molar-refractivity contribution >= 4 is 0 Å². The molecule has 1 aromatic rings. The van der Waals surface area contributed by atoms with Gasteiger partial charge in [-0.05, 0) is 37.4 Å². The van der Waals surface area contributed by atoms with Crippen molar-refractivity contribution in [3.8, 4) is 0 Å². The van der Waals surface area contributed by atoms with E-state index in [-0.39, 0.29) is 18.7 Å². The number of aliphatic hydroxyl groups excluding tert-OH is 1. The Hall–Kier alpha value is -0.900. The Morgan fingerprint density at radius 3 is 2.42 bits per heavy atom. The van der Waals surface area contributed by atoms with Crippen molar-refractivity contribution in [3.63, 3.8) is 0 Å². The maximum absolute atomic E-state index is 9.30. The van der Waals surface area contributed by atoms with Gasteiger partial charge < -0.3 is 10.8 Å². The molecule has 2 unspecified atom stereocenters. The van der Waals surface area contributed by atoms with Crippen LogP contribution >= 0.6 is 0 Å². The molecule has 0 radical (unpaired) electrons. The molecule has 3 N–H and O–H groups in total. The summed E-state index contributed by atoms with van der Waals surface area (Å²) in [6, 6.07) is 8.71. The van der Waals surface area contributed by atoms with Crippen LogP contribution in [0.15, 0.2) is 24.3 Å². The van der Waals surface area contributed by atoms with Crippen molar-refractivity contribution < 1.29 is 5.11 Å². The van der Waals surface area contributed by atoms with Gasteiger partial charge in [0.05, 0.1) is 12.6 Å². The second kappa shape index (κ2) is 8.31. The zero-order chi connectivity index (χ0) is 14.3. The molecule has 0 heterocycles. The second-order valence-corrected chi connectivity index (χ2v) is 5.13. The molecule has 3 heteroatoms. The largest absolute Gasteiger partial charge is 0.395 e. The minimum atomic E-state index is 0.0965. The first-order valence-electron chi connectivity index (χ1n) is 7.31. The molecular weight excluding hydrogens is 236 g/mol. The van der Waals surface area contributed by atoms with E-state index in [1.54, 1.807) is 0 Å². The summed E-state index contributed by atoms with van der Waals surface area (Å²) >= 11 is 0. The molecule has 0 aliphatic carbocycles. The van der Waals surface area contributed by atoms with E-state index in [2.05, 4.69) is 49.9 Å². The average molecular weight is 264 g/mol. The lowest BCUT2D eigenvalue weighted by molar-refractivity contribution is 0.132. The predicted octanol–water partition coefficient (Wildman–Crippen LogP) is 2.48. The molecule has 2 atom stereocenters. The third-order valence-corrected chi connectivity index (χ3v) is 3.68. The summed E-state index contributed by atoms with van der Waals surface area (Å²) in [7, 11) is 0. The number of aryl methyl sites for hydroxylation is 1. The van der Waals surface area contributed by atoms with Gasteiger partial charge >= 0.3 is 0 Å². The van der Waals surface area contributed by atoms with Gasteiger partial charge in [-0.25, -0.2) is 0 Å². The Morgan fingerprint density at radius 2 is 1.89 bits per heavy atom. The van der Waals surface area contributed by atoms with Crippen LogP contribution in [0.5, 0.6) is 0 Å². The maximum atomic E-state index is 9.30. The molecule has 3 nitrogen and oxygen atoms in total. The van der Waals surface area contributed by atoms with Gasteiger partial charge in [0.2, 0.25) is 0 Å². The van der Waals surface area contributed by atoms with Crippen molar-refractivity contribution in [1.29, 1.82) is 0 Å². The van der Waals surface area contributed by atoms with E-state index in [1.165, 1.54) is 11.1 Å². The lowest BCUT2D eigenvalue weighted by Gasteiger charge is -2.36. The van der Waals surface area contributed by atoms with Gasteiger partial charge in [0, 0.05) is 12.6 Å². The molecule has 108 valence electrons. The highest BCUT2D eigenvalue weighted by molar-refractivity contribution is 5.30. The SMILES string of the molecule is CCCN(CCO)C(c1ccccc1C)C(N)CC. The summed E-state index contributed by atoms with van der Waals surface area (Å²) in [6.07, 6.45) is 2.00. The fraction of sp³-hybridized carbons (Fsp3) is 0.625. The Bertz CT molecular complexity index is 362. The Kier molecular flexibility index (Phi) is 7.06. The van der Waals surface area contributed by atoms with Crippen LogP contribution in [0.2, 0.25) is 0 Å². The van der Waals surface area contributed by atoms with Crippen LogP contribution in [0, 0.1) is 6.92 Å². The van der Waals surface area contributed by atoms with Gasteiger partial charge in [0.25, 0.3) is 0 Å². The van der Waals surface area contributed by atoms with Gasteiger partial charge in [-0.3, -0.25) is 4.90 Å². The molecule has 0 spiro atoms. The topological polar surface area (TPSA) is 49.5 Å². The number of hydrogen-bond acceptors (Lipinski definition) is 3. The predicted molar refractivity (Wildman–Crippen MR) is 81.1 cm³/mol. The van der Waals surface area contributed by atoms with Gasteiger partial charge in [0.1, 0.15) is 0 Å². The number of rotatable bonds is 8. The van der Waals surface area contributed by atoms with Crippen molar-refractivity contribution in [2.24, 2.45) is 5.73 Å². The molecular formula is C16H28N2O. The molecule has 0 fully saturated rings. The number of nitrogens with two attached hydrogens (primary N) is 1. The van der Waals surface area contributed by atoms with Crippen molar-refractivity contribution in [2.45, 2.75) is 45.7 Å². The van der Waals surface area contributed by atoms with E-state index in [0.29, 0.717) is 6.54 Å². The Labute approximate surface area is 117 Å². The molecule has 0 aromatic heterocycles. The van der Waals surface area contributed by atoms with E-state index in [0.717, 1.165) is 19.4 Å². The normalized spacial score (nSPS) is 14.6. The van der Waals surface area contributed by atoms with Crippen molar-refractivity contribution in [3.05, 3.63) is 35.4 Å². The number of aliphatic hydroxyl groups is 1. The molecule has 0 saturated heterocycles. The van der Waals surface area contributed by atoms with Gasteiger partial charge in [0.15, 0.2) is 0 Å². The van der Waals surface area contributed by atoms with Crippen LogP contribution in [0.1, 0.15) is 43.9 Å². The van der Waals surface area contributed by atoms with Gasteiger partial charge in [-0.1, -0.05) is 38.1 Å². The summed E-state index contributed by atoms with van der Waals surface area (Å²) < 4.78 is 0. The van der Waals surface area contributed by atoms with Crippen molar-refractivity contribution in [2.75, 3.05) is 19.7 Å². The molecule has 0 aliphatic rings.